The van der Waals surface area contributed by atoms with Crippen molar-refractivity contribution in [2.45, 2.75) is 33.9 Å². The molecule has 0 aliphatic carbocycles. The lowest BCUT2D eigenvalue weighted by molar-refractivity contribution is -0.659. The molecule has 3 heteroatoms. The van der Waals surface area contributed by atoms with E-state index in [1.165, 1.54) is 38.0 Å². The van der Waals surface area contributed by atoms with Crippen molar-refractivity contribution in [3.63, 3.8) is 0 Å². The van der Waals surface area contributed by atoms with E-state index in [1.54, 1.807) is 0 Å². The van der Waals surface area contributed by atoms with Gasteiger partial charge in [-0.05, 0) is 55.0 Å². The number of pyridine rings is 1. The zero-order valence-corrected chi connectivity index (χ0v) is 20.2. The monoisotopic (exact) mass is 421 g/mol. The van der Waals surface area contributed by atoms with Crippen molar-refractivity contribution >= 4 is 29.2 Å². The number of benzene rings is 3. The Morgan fingerprint density at radius 3 is 2.23 bits per heavy atom. The normalized spacial score (nSPS) is 11.5. The zero-order valence-electron chi connectivity index (χ0n) is 19.2. The number of rotatable bonds is 3. The Bertz CT molecular complexity index is 1350. The summed E-state index contributed by atoms with van der Waals surface area (Å²) in [6.45, 7) is 11.1. The molecule has 4 rings (SSSR count). The second kappa shape index (κ2) is 7.79. The molecule has 0 bridgehead atoms. The van der Waals surface area contributed by atoms with E-state index in [0.29, 0.717) is 0 Å². The van der Waals surface area contributed by atoms with Crippen molar-refractivity contribution in [2.75, 3.05) is 0 Å². The van der Waals surface area contributed by atoms with Gasteiger partial charge in [0.05, 0.1) is 22.6 Å². The predicted octanol–water partition coefficient (Wildman–Crippen LogP) is 4.95. The molecule has 0 spiro atoms. The largest absolute Gasteiger partial charge is 0.220 e. The molecule has 0 atom stereocenters. The highest BCUT2D eigenvalue weighted by Crippen LogP contribution is 2.32. The standard InChI is InChI=1S/C28H29N2Si/c1-19-16-26(20(2)21(3)27(19)18-29)28-25-13-12-24(17-22(25)14-15-30(28)4)31(5,6)23-10-8-7-9-11-23/h7-17H,1-6H3/q+1. The topological polar surface area (TPSA) is 27.7 Å². The molecule has 0 radical (unpaired) electrons. The Morgan fingerprint density at radius 2 is 1.55 bits per heavy atom. The first-order valence-electron chi connectivity index (χ1n) is 10.8. The van der Waals surface area contributed by atoms with Crippen molar-refractivity contribution in [2.24, 2.45) is 7.05 Å². The quantitative estimate of drug-likeness (QED) is 0.340. The highest BCUT2D eigenvalue weighted by molar-refractivity contribution is 7.00. The van der Waals surface area contributed by atoms with Crippen molar-refractivity contribution < 1.29 is 4.57 Å². The molecular weight excluding hydrogens is 392 g/mol. The Kier molecular flexibility index (Phi) is 5.29. The van der Waals surface area contributed by atoms with Crippen LogP contribution in [-0.4, -0.2) is 8.07 Å². The van der Waals surface area contributed by atoms with Crippen LogP contribution in [0.3, 0.4) is 0 Å². The molecule has 1 aromatic heterocycles. The lowest BCUT2D eigenvalue weighted by Crippen LogP contribution is -2.52. The molecule has 2 nitrogen and oxygen atoms in total. The van der Waals surface area contributed by atoms with Crippen LogP contribution in [0.4, 0.5) is 0 Å². The van der Waals surface area contributed by atoms with Gasteiger partial charge in [0.15, 0.2) is 6.20 Å². The molecule has 0 saturated heterocycles. The van der Waals surface area contributed by atoms with E-state index in [9.17, 15) is 5.26 Å². The van der Waals surface area contributed by atoms with Crippen LogP contribution in [0.2, 0.25) is 13.1 Å². The lowest BCUT2D eigenvalue weighted by atomic mass is 9.91. The van der Waals surface area contributed by atoms with Gasteiger partial charge in [0.1, 0.15) is 15.1 Å². The Morgan fingerprint density at radius 1 is 0.839 bits per heavy atom. The van der Waals surface area contributed by atoms with Crippen LogP contribution in [0, 0.1) is 32.1 Å². The first kappa shape index (κ1) is 21.0. The summed E-state index contributed by atoms with van der Waals surface area (Å²) < 4.78 is 2.20. The van der Waals surface area contributed by atoms with Gasteiger partial charge in [-0.15, -0.1) is 0 Å². The number of aryl methyl sites for hydroxylation is 2. The van der Waals surface area contributed by atoms with E-state index in [-0.39, 0.29) is 0 Å². The third kappa shape index (κ3) is 3.48. The summed E-state index contributed by atoms with van der Waals surface area (Å²) in [5.41, 5.74) is 6.48. The van der Waals surface area contributed by atoms with Crippen LogP contribution in [0.25, 0.3) is 22.0 Å². The Hall–Kier alpha value is -3.22. The molecule has 154 valence electrons. The summed E-state index contributed by atoms with van der Waals surface area (Å²) in [5.74, 6) is 0. The number of fused-ring (bicyclic) bond motifs is 1. The van der Waals surface area contributed by atoms with Gasteiger partial charge in [0, 0.05) is 6.07 Å². The summed E-state index contributed by atoms with van der Waals surface area (Å²) in [5, 5.41) is 15.0. The van der Waals surface area contributed by atoms with Crippen LogP contribution >= 0.6 is 0 Å². The maximum Gasteiger partial charge on any atom is 0.220 e. The minimum atomic E-state index is -1.77. The molecule has 3 aromatic carbocycles. The Labute approximate surface area is 186 Å². The van der Waals surface area contributed by atoms with Gasteiger partial charge in [0.25, 0.3) is 0 Å². The summed E-state index contributed by atoms with van der Waals surface area (Å²) in [6.07, 6.45) is 2.15. The molecule has 0 fully saturated rings. The van der Waals surface area contributed by atoms with Crippen LogP contribution in [-0.2, 0) is 7.05 Å². The van der Waals surface area contributed by atoms with Gasteiger partial charge in [-0.25, -0.2) is 4.57 Å². The maximum atomic E-state index is 9.56. The number of hydrogen-bond donors (Lipinski definition) is 0. The molecule has 0 unspecified atom stereocenters. The fraction of sp³-hybridized carbons (Fsp3) is 0.214. The fourth-order valence-electron chi connectivity index (χ4n) is 4.62. The molecule has 31 heavy (non-hydrogen) atoms. The van der Waals surface area contributed by atoms with E-state index in [1.807, 2.05) is 6.92 Å². The number of hydrogen-bond acceptors (Lipinski definition) is 1. The summed E-state index contributed by atoms with van der Waals surface area (Å²) in [7, 11) is 0.338. The number of aromatic nitrogens is 1. The minimum absolute atomic E-state index is 0.794. The predicted molar refractivity (Wildman–Crippen MR) is 133 cm³/mol. The van der Waals surface area contributed by atoms with Crippen molar-refractivity contribution in [3.05, 3.63) is 89.1 Å². The smallest absolute Gasteiger partial charge is 0.200 e. The first-order valence-corrected chi connectivity index (χ1v) is 13.8. The summed E-state index contributed by atoms with van der Waals surface area (Å²) >= 11 is 0. The van der Waals surface area contributed by atoms with Crippen LogP contribution in [0.1, 0.15) is 22.3 Å². The SMILES string of the molecule is Cc1cc(-c2c3ccc([Si](C)(C)c4ccccc4)cc3cc[n+]2C)c(C)c(C)c1C#N. The molecule has 0 N–H and O–H groups in total. The molecule has 0 aliphatic heterocycles. The average molecular weight is 422 g/mol. The molecule has 0 aliphatic rings. The number of nitriles is 1. The third-order valence-corrected chi connectivity index (χ3v) is 10.3. The van der Waals surface area contributed by atoms with Gasteiger partial charge in [-0.1, -0.05) is 65.9 Å². The van der Waals surface area contributed by atoms with Gasteiger partial charge in [-0.2, -0.15) is 5.26 Å². The molecule has 1 heterocycles. The second-order valence-electron chi connectivity index (χ2n) is 9.05. The van der Waals surface area contributed by atoms with Crippen molar-refractivity contribution in [1.82, 2.24) is 0 Å². The van der Waals surface area contributed by atoms with Crippen molar-refractivity contribution in [3.8, 4) is 17.3 Å². The van der Waals surface area contributed by atoms with Gasteiger partial charge in [-0.3, -0.25) is 0 Å². The van der Waals surface area contributed by atoms with Crippen LogP contribution in [0.15, 0.2) is 66.9 Å². The van der Waals surface area contributed by atoms with E-state index < -0.39 is 8.07 Å². The highest BCUT2D eigenvalue weighted by Gasteiger charge is 2.27. The zero-order chi connectivity index (χ0) is 22.3. The van der Waals surface area contributed by atoms with Crippen LogP contribution < -0.4 is 14.9 Å². The molecule has 0 amide bonds. The van der Waals surface area contributed by atoms with Crippen molar-refractivity contribution in [1.29, 1.82) is 5.26 Å². The van der Waals surface area contributed by atoms with E-state index >= 15 is 0 Å². The molecule has 0 saturated carbocycles. The third-order valence-electron chi connectivity index (χ3n) is 6.82. The molecule has 4 aromatic rings. The molecular formula is C28H29N2Si+. The highest BCUT2D eigenvalue weighted by atomic mass is 28.3. The maximum absolute atomic E-state index is 9.56. The van der Waals surface area contributed by atoms with E-state index in [2.05, 4.69) is 111 Å². The second-order valence-corrected chi connectivity index (χ2v) is 13.5. The first-order chi connectivity index (χ1) is 14.8. The van der Waals surface area contributed by atoms with Crippen LogP contribution in [0.5, 0.6) is 0 Å². The van der Waals surface area contributed by atoms with Gasteiger partial charge in [0.2, 0.25) is 5.69 Å². The number of nitrogens with zero attached hydrogens (tertiary/aromatic N) is 2. The van der Waals surface area contributed by atoms with Gasteiger partial charge < -0.3 is 0 Å². The van der Waals surface area contributed by atoms with Gasteiger partial charge >= 0.3 is 0 Å². The Balaban J connectivity index is 1.94. The summed E-state index contributed by atoms with van der Waals surface area (Å²) in [4.78, 5) is 0. The van der Waals surface area contributed by atoms with E-state index in [0.717, 1.165) is 16.7 Å². The summed E-state index contributed by atoms with van der Waals surface area (Å²) in [6, 6.07) is 24.7. The minimum Gasteiger partial charge on any atom is -0.200 e. The fourth-order valence-corrected chi connectivity index (χ4v) is 6.99. The van der Waals surface area contributed by atoms with E-state index in [4.69, 9.17) is 0 Å². The lowest BCUT2D eigenvalue weighted by Gasteiger charge is -2.24. The average Bonchev–Trinajstić information content (AvgIpc) is 2.77.